The molecule has 2 saturated heterocycles. The first-order chi connectivity index (χ1) is 12.8. The summed E-state index contributed by atoms with van der Waals surface area (Å²) in [5, 5.41) is 9.25. The van der Waals surface area contributed by atoms with Gasteiger partial charge in [0.15, 0.2) is 0 Å². The van der Waals surface area contributed by atoms with Crippen molar-refractivity contribution < 1.29 is 27.9 Å². The van der Waals surface area contributed by atoms with Crippen LogP contribution in [0.2, 0.25) is 0 Å². The molecule has 1 aromatic rings. The summed E-state index contributed by atoms with van der Waals surface area (Å²) in [5.41, 5.74) is 0. The Morgan fingerprint density at radius 1 is 1.07 bits per heavy atom. The molecular formula is C18H24N2O6S. The molecular weight excluding hydrogens is 372 g/mol. The van der Waals surface area contributed by atoms with E-state index in [1.165, 1.54) is 28.4 Å². The average molecular weight is 396 g/mol. The second-order valence-corrected chi connectivity index (χ2v) is 8.82. The molecule has 0 radical (unpaired) electrons. The number of hydrogen-bond acceptors (Lipinski definition) is 5. The molecule has 9 heteroatoms. The van der Waals surface area contributed by atoms with E-state index < -0.39 is 22.0 Å². The van der Waals surface area contributed by atoms with E-state index >= 15 is 0 Å². The molecule has 3 rings (SSSR count). The van der Waals surface area contributed by atoms with Crippen LogP contribution < -0.4 is 4.74 Å². The highest BCUT2D eigenvalue weighted by Crippen LogP contribution is 2.28. The lowest BCUT2D eigenvalue weighted by atomic mass is 9.96. The van der Waals surface area contributed by atoms with Crippen LogP contribution >= 0.6 is 0 Å². The first-order valence-electron chi connectivity index (χ1n) is 9.02. The van der Waals surface area contributed by atoms with Crippen molar-refractivity contribution in [2.24, 2.45) is 5.92 Å². The minimum Gasteiger partial charge on any atom is -0.497 e. The number of hydrogen-bond donors (Lipinski definition) is 1. The minimum atomic E-state index is -3.62. The maximum absolute atomic E-state index is 12.8. The fourth-order valence-electron chi connectivity index (χ4n) is 3.76. The molecule has 8 nitrogen and oxygen atoms in total. The van der Waals surface area contributed by atoms with Crippen molar-refractivity contribution in [1.82, 2.24) is 9.21 Å². The van der Waals surface area contributed by atoms with Crippen molar-refractivity contribution in [1.29, 1.82) is 0 Å². The molecule has 0 bridgehead atoms. The van der Waals surface area contributed by atoms with E-state index in [1.807, 2.05) is 0 Å². The van der Waals surface area contributed by atoms with Crippen LogP contribution in [0.25, 0.3) is 0 Å². The van der Waals surface area contributed by atoms with Crippen LogP contribution in [0.3, 0.4) is 0 Å². The predicted octanol–water partition coefficient (Wildman–Crippen LogP) is 1.17. The summed E-state index contributed by atoms with van der Waals surface area (Å²) >= 11 is 0. The van der Waals surface area contributed by atoms with E-state index in [1.54, 1.807) is 12.1 Å². The summed E-state index contributed by atoms with van der Waals surface area (Å²) in [4.78, 5) is 25.6. The highest BCUT2D eigenvalue weighted by atomic mass is 32.2. The van der Waals surface area contributed by atoms with Gasteiger partial charge < -0.3 is 14.7 Å². The number of amides is 1. The number of rotatable bonds is 5. The number of carbonyl (C=O) groups excluding carboxylic acids is 1. The molecule has 0 aromatic heterocycles. The molecule has 2 fully saturated rings. The standard InChI is InChI=1S/C18H24N2O6S/c1-26-14-4-6-15(7-5-14)27(24,25)19-11-8-13(9-12-19)17(21)20-10-2-3-16(20)18(22)23/h4-7,13,16H,2-3,8-12H2,1H3,(H,22,23). The van der Waals surface area contributed by atoms with Gasteiger partial charge in [-0.1, -0.05) is 0 Å². The van der Waals surface area contributed by atoms with Crippen LogP contribution in [0.5, 0.6) is 5.75 Å². The molecule has 0 aliphatic carbocycles. The number of likely N-dealkylation sites (tertiary alicyclic amines) is 1. The van der Waals surface area contributed by atoms with Gasteiger partial charge in [0.1, 0.15) is 11.8 Å². The second-order valence-electron chi connectivity index (χ2n) is 6.88. The van der Waals surface area contributed by atoms with Gasteiger partial charge >= 0.3 is 5.97 Å². The number of carboxylic acid groups (broad SMARTS) is 1. The predicted molar refractivity (Wildman–Crippen MR) is 96.8 cm³/mol. The number of benzene rings is 1. The van der Waals surface area contributed by atoms with Crippen LogP contribution in [0.15, 0.2) is 29.2 Å². The summed E-state index contributed by atoms with van der Waals surface area (Å²) in [6, 6.07) is 5.46. The Morgan fingerprint density at radius 2 is 1.70 bits per heavy atom. The van der Waals surface area contributed by atoms with Crippen LogP contribution in [0.4, 0.5) is 0 Å². The monoisotopic (exact) mass is 396 g/mol. The lowest BCUT2D eigenvalue weighted by molar-refractivity contribution is -0.150. The molecule has 2 aliphatic heterocycles. The molecule has 1 amide bonds. The average Bonchev–Trinajstić information content (AvgIpc) is 3.18. The molecule has 1 aromatic carbocycles. The zero-order valence-corrected chi connectivity index (χ0v) is 16.0. The fourth-order valence-corrected chi connectivity index (χ4v) is 5.23. The summed E-state index contributed by atoms with van der Waals surface area (Å²) in [6.45, 7) is 0.951. The largest absolute Gasteiger partial charge is 0.497 e. The third-order valence-corrected chi connectivity index (χ3v) is 7.23. The van der Waals surface area contributed by atoms with Crippen molar-refractivity contribution in [3.8, 4) is 5.75 Å². The fraction of sp³-hybridized carbons (Fsp3) is 0.556. The molecule has 2 aliphatic rings. The van der Waals surface area contributed by atoms with E-state index in [4.69, 9.17) is 4.74 Å². The summed E-state index contributed by atoms with van der Waals surface area (Å²) in [6.07, 6.45) is 1.97. The van der Waals surface area contributed by atoms with Crippen LogP contribution in [-0.4, -0.2) is 67.4 Å². The topological polar surface area (TPSA) is 104 Å². The third kappa shape index (κ3) is 3.93. The number of aliphatic carboxylic acids is 1. The quantitative estimate of drug-likeness (QED) is 0.801. The first-order valence-corrected chi connectivity index (χ1v) is 10.5. The molecule has 2 heterocycles. The SMILES string of the molecule is COc1ccc(S(=O)(=O)N2CCC(C(=O)N3CCCC3C(=O)O)CC2)cc1. The first kappa shape index (κ1) is 19.6. The Bertz CT molecular complexity index is 800. The van der Waals surface area contributed by atoms with E-state index in [2.05, 4.69) is 0 Å². The Labute approximate surface area is 158 Å². The van der Waals surface area contributed by atoms with Crippen molar-refractivity contribution in [3.05, 3.63) is 24.3 Å². The highest BCUT2D eigenvalue weighted by molar-refractivity contribution is 7.89. The smallest absolute Gasteiger partial charge is 0.326 e. The van der Waals surface area contributed by atoms with Gasteiger partial charge in [-0.15, -0.1) is 0 Å². The minimum absolute atomic E-state index is 0.165. The zero-order valence-electron chi connectivity index (χ0n) is 15.2. The lowest BCUT2D eigenvalue weighted by Gasteiger charge is -2.33. The van der Waals surface area contributed by atoms with Gasteiger partial charge in [0, 0.05) is 25.6 Å². The van der Waals surface area contributed by atoms with Crippen LogP contribution in [0, 0.1) is 5.92 Å². The van der Waals surface area contributed by atoms with Crippen molar-refractivity contribution in [3.63, 3.8) is 0 Å². The van der Waals surface area contributed by atoms with Crippen molar-refractivity contribution in [2.45, 2.75) is 36.6 Å². The van der Waals surface area contributed by atoms with Gasteiger partial charge in [-0.3, -0.25) is 4.79 Å². The van der Waals surface area contributed by atoms with Gasteiger partial charge in [0.25, 0.3) is 0 Å². The second kappa shape index (κ2) is 7.85. The van der Waals surface area contributed by atoms with Gasteiger partial charge in [0.2, 0.25) is 15.9 Å². The van der Waals surface area contributed by atoms with Crippen LogP contribution in [-0.2, 0) is 19.6 Å². The molecule has 27 heavy (non-hydrogen) atoms. The Balaban J connectivity index is 1.64. The number of sulfonamides is 1. The number of carboxylic acids is 1. The zero-order chi connectivity index (χ0) is 19.6. The maximum atomic E-state index is 12.8. The number of piperidine rings is 1. The van der Waals surface area contributed by atoms with E-state index in [-0.39, 0.29) is 29.8 Å². The number of carbonyl (C=O) groups is 2. The Hall–Kier alpha value is -2.13. The third-order valence-electron chi connectivity index (χ3n) is 5.32. The molecule has 1 atom stereocenters. The summed E-state index contributed by atoms with van der Waals surface area (Å²) in [7, 11) is -2.11. The lowest BCUT2D eigenvalue weighted by Crippen LogP contribution is -2.47. The van der Waals surface area contributed by atoms with Crippen molar-refractivity contribution >= 4 is 21.9 Å². The van der Waals surface area contributed by atoms with E-state index in [9.17, 15) is 23.1 Å². The van der Waals surface area contributed by atoms with E-state index in [0.717, 1.165) is 0 Å². The number of ether oxygens (including phenoxy) is 1. The molecule has 0 saturated carbocycles. The van der Waals surface area contributed by atoms with Crippen molar-refractivity contribution in [2.75, 3.05) is 26.7 Å². The normalized spacial score (nSPS) is 22.0. The summed E-state index contributed by atoms with van der Waals surface area (Å²) < 4.78 is 32.0. The van der Waals surface area contributed by atoms with Crippen LogP contribution in [0.1, 0.15) is 25.7 Å². The Morgan fingerprint density at radius 3 is 2.26 bits per heavy atom. The number of nitrogens with zero attached hydrogens (tertiary/aromatic N) is 2. The van der Waals surface area contributed by atoms with Gasteiger partial charge in [-0.25, -0.2) is 13.2 Å². The molecule has 1 unspecified atom stereocenters. The highest BCUT2D eigenvalue weighted by Gasteiger charge is 2.39. The number of methoxy groups -OCH3 is 1. The molecule has 148 valence electrons. The summed E-state index contributed by atoms with van der Waals surface area (Å²) in [5.74, 6) is -0.883. The van der Waals surface area contributed by atoms with E-state index in [0.29, 0.717) is 38.0 Å². The van der Waals surface area contributed by atoms with Gasteiger partial charge in [0.05, 0.1) is 12.0 Å². The molecule has 0 spiro atoms. The van der Waals surface area contributed by atoms with Gasteiger partial charge in [-0.05, 0) is 49.9 Å². The maximum Gasteiger partial charge on any atom is 0.326 e. The molecule has 1 N–H and O–H groups in total. The van der Waals surface area contributed by atoms with Gasteiger partial charge in [-0.2, -0.15) is 4.31 Å². The Kier molecular flexibility index (Phi) is 5.71.